The summed E-state index contributed by atoms with van der Waals surface area (Å²) in [6.07, 6.45) is 0.0218. The zero-order chi connectivity index (χ0) is 36.5. The van der Waals surface area contributed by atoms with Gasteiger partial charge in [0.05, 0.1) is 17.3 Å². The Bertz CT molecular complexity index is 2870. The van der Waals surface area contributed by atoms with Crippen LogP contribution in [0.3, 0.4) is 0 Å². The van der Waals surface area contributed by atoms with Crippen molar-refractivity contribution in [3.63, 3.8) is 0 Å². The van der Waals surface area contributed by atoms with E-state index in [0.29, 0.717) is 0 Å². The van der Waals surface area contributed by atoms with E-state index >= 15 is 0 Å². The molecule has 55 heavy (non-hydrogen) atoms. The Morgan fingerprint density at radius 2 is 1.13 bits per heavy atom. The first-order valence-corrected chi connectivity index (χ1v) is 19.0. The van der Waals surface area contributed by atoms with Crippen LogP contribution in [-0.2, 0) is 6.42 Å². The molecule has 0 aromatic heterocycles. The first-order valence-electron chi connectivity index (χ1n) is 19.0. The van der Waals surface area contributed by atoms with Gasteiger partial charge in [0.25, 0.3) is 0 Å². The van der Waals surface area contributed by atoms with Gasteiger partial charge in [-0.25, -0.2) is 0 Å². The van der Waals surface area contributed by atoms with Crippen molar-refractivity contribution in [2.75, 3.05) is 9.80 Å². The quantitative estimate of drug-likeness (QED) is 0.171. The highest BCUT2D eigenvalue weighted by Crippen LogP contribution is 2.56. The Morgan fingerprint density at radius 1 is 0.491 bits per heavy atom. The lowest BCUT2D eigenvalue weighted by Crippen LogP contribution is -2.37. The maximum absolute atomic E-state index is 6.91. The zero-order valence-electron chi connectivity index (χ0n) is 30.3. The Hall–Kier alpha value is -6.96. The fourth-order valence-electron chi connectivity index (χ4n) is 9.05. The summed E-state index contributed by atoms with van der Waals surface area (Å²) in [5.74, 6) is 8.46. The molecule has 3 heterocycles. The van der Waals surface area contributed by atoms with Gasteiger partial charge in [-0.2, -0.15) is 0 Å². The Labute approximate surface area is 320 Å². The van der Waals surface area contributed by atoms with Gasteiger partial charge in [-0.05, 0) is 100.0 Å². The Morgan fingerprint density at radius 3 is 1.93 bits per heavy atom. The molecule has 262 valence electrons. The number of nitrogens with zero attached hydrogens (tertiary/aromatic N) is 2. The number of para-hydroxylation sites is 2. The van der Waals surface area contributed by atoms with Crippen molar-refractivity contribution in [2.45, 2.75) is 31.7 Å². The number of fused-ring (bicyclic) bond motifs is 9. The molecule has 0 N–H and O–H groups in total. The monoisotopic (exact) mass is 708 g/mol. The molecule has 3 unspecified atom stereocenters. The fourth-order valence-corrected chi connectivity index (χ4v) is 9.05. The predicted octanol–water partition coefficient (Wildman–Crippen LogP) is 12.1. The standard InChI is InChI=1S/C51H36N2O2/c1-2-13-49-52(44-23-11-17-33-14-3-6-19-39(33)44)43-28-26-35(30-38(43)31-37-16-5-10-25-47(37)54-49)36-27-29-48-42(32-36)50-41-21-8-9-22-46(41)53(51(50)55-48)45-24-12-18-34-15-4-7-20-40(34)45/h3-12,14-30,32,49-51H,31H2,1H3. The molecule has 0 fully saturated rings. The smallest absolute Gasteiger partial charge is 0.240 e. The van der Waals surface area contributed by atoms with Gasteiger partial charge in [0.15, 0.2) is 6.23 Å². The van der Waals surface area contributed by atoms with E-state index in [0.717, 1.165) is 45.8 Å². The van der Waals surface area contributed by atoms with Crippen molar-refractivity contribution >= 4 is 44.3 Å². The van der Waals surface area contributed by atoms with Crippen LogP contribution < -0.4 is 19.3 Å². The molecule has 0 spiro atoms. The van der Waals surface area contributed by atoms with Crippen LogP contribution in [0.25, 0.3) is 32.7 Å². The molecular formula is C51H36N2O2. The largest absolute Gasteiger partial charge is 0.469 e. The second-order valence-corrected chi connectivity index (χ2v) is 14.5. The summed E-state index contributed by atoms with van der Waals surface area (Å²) in [7, 11) is 0. The third-order valence-corrected chi connectivity index (χ3v) is 11.5. The average Bonchev–Trinajstić information content (AvgIpc) is 3.75. The lowest BCUT2D eigenvalue weighted by atomic mass is 9.90. The highest BCUT2D eigenvalue weighted by atomic mass is 16.5. The maximum atomic E-state index is 6.91. The summed E-state index contributed by atoms with van der Waals surface area (Å²) in [5.41, 5.74) is 11.7. The molecule has 3 aliphatic heterocycles. The molecule has 0 saturated heterocycles. The molecule has 4 nitrogen and oxygen atoms in total. The molecule has 0 saturated carbocycles. The van der Waals surface area contributed by atoms with Crippen molar-refractivity contribution in [1.29, 1.82) is 0 Å². The van der Waals surface area contributed by atoms with Crippen LogP contribution in [0.15, 0.2) is 170 Å². The van der Waals surface area contributed by atoms with Crippen LogP contribution in [0.5, 0.6) is 11.5 Å². The molecule has 0 bridgehead atoms. The highest BCUT2D eigenvalue weighted by molar-refractivity contribution is 5.98. The van der Waals surface area contributed by atoms with Gasteiger partial charge in [0.1, 0.15) is 11.5 Å². The minimum absolute atomic E-state index is 0.0775. The van der Waals surface area contributed by atoms with Crippen LogP contribution >= 0.6 is 0 Å². The Kier molecular flexibility index (Phi) is 7.22. The minimum atomic E-state index is -0.525. The SMILES string of the molecule is CC#CC1Oc2ccccc2Cc2cc(-c3ccc4c(c3)C3c5ccccc5N(c5cccc6ccccc56)C3O4)ccc2N1c1cccc2ccccc12. The molecule has 3 atom stereocenters. The topological polar surface area (TPSA) is 24.9 Å². The minimum Gasteiger partial charge on any atom is -0.469 e. The molecule has 0 radical (unpaired) electrons. The van der Waals surface area contributed by atoms with E-state index in [2.05, 4.69) is 185 Å². The van der Waals surface area contributed by atoms with Crippen molar-refractivity contribution in [2.24, 2.45) is 0 Å². The molecule has 11 rings (SSSR count). The van der Waals surface area contributed by atoms with E-state index in [1.54, 1.807) is 0 Å². The lowest BCUT2D eigenvalue weighted by Gasteiger charge is -2.35. The number of anilines is 4. The van der Waals surface area contributed by atoms with Crippen LogP contribution in [0, 0.1) is 11.8 Å². The second kappa shape index (κ2) is 12.6. The van der Waals surface area contributed by atoms with Gasteiger partial charge in [-0.3, -0.25) is 4.90 Å². The molecule has 3 aliphatic rings. The number of ether oxygens (including phenoxy) is 2. The van der Waals surface area contributed by atoms with E-state index in [4.69, 9.17) is 9.47 Å². The van der Waals surface area contributed by atoms with Gasteiger partial charge >= 0.3 is 0 Å². The molecule has 0 aliphatic carbocycles. The number of hydrogen-bond acceptors (Lipinski definition) is 4. The number of rotatable bonds is 3. The number of benzene rings is 8. The summed E-state index contributed by atoms with van der Waals surface area (Å²) in [6, 6.07) is 60.9. The highest BCUT2D eigenvalue weighted by Gasteiger charge is 2.47. The summed E-state index contributed by atoms with van der Waals surface area (Å²) >= 11 is 0. The summed E-state index contributed by atoms with van der Waals surface area (Å²) in [5, 5.41) is 4.77. The second-order valence-electron chi connectivity index (χ2n) is 14.5. The fraction of sp³-hybridized carbons (Fsp3) is 0.0980. The van der Waals surface area contributed by atoms with Crippen LogP contribution in [0.1, 0.15) is 35.1 Å². The molecule has 4 heteroatoms. The molecular weight excluding hydrogens is 673 g/mol. The van der Waals surface area contributed by atoms with Crippen molar-refractivity contribution < 1.29 is 9.47 Å². The average molecular weight is 709 g/mol. The third-order valence-electron chi connectivity index (χ3n) is 11.5. The molecule has 8 aromatic carbocycles. The van der Waals surface area contributed by atoms with Crippen molar-refractivity contribution in [1.82, 2.24) is 0 Å². The molecule has 0 amide bonds. The van der Waals surface area contributed by atoms with Crippen molar-refractivity contribution in [3.05, 3.63) is 192 Å². The Balaban J connectivity index is 1.04. The van der Waals surface area contributed by atoms with Crippen LogP contribution in [-0.4, -0.2) is 12.5 Å². The van der Waals surface area contributed by atoms with Crippen molar-refractivity contribution in [3.8, 4) is 34.5 Å². The first kappa shape index (κ1) is 31.6. The van der Waals surface area contributed by atoms with E-state index in [-0.39, 0.29) is 12.1 Å². The normalized spacial score (nSPS) is 17.7. The van der Waals surface area contributed by atoms with Crippen LogP contribution in [0.2, 0.25) is 0 Å². The summed E-state index contributed by atoms with van der Waals surface area (Å²) in [6.45, 7) is 1.88. The van der Waals surface area contributed by atoms with Gasteiger partial charge in [-0.1, -0.05) is 121 Å². The van der Waals surface area contributed by atoms with Gasteiger partial charge in [0, 0.05) is 34.1 Å². The van der Waals surface area contributed by atoms with E-state index in [1.807, 2.05) is 13.0 Å². The molecule has 8 aromatic rings. The maximum Gasteiger partial charge on any atom is 0.240 e. The lowest BCUT2D eigenvalue weighted by molar-refractivity contribution is 0.234. The van der Waals surface area contributed by atoms with Gasteiger partial charge in [-0.15, -0.1) is 5.92 Å². The first-order chi connectivity index (χ1) is 27.2. The summed E-state index contributed by atoms with van der Waals surface area (Å²) in [4.78, 5) is 4.69. The van der Waals surface area contributed by atoms with Gasteiger partial charge < -0.3 is 14.4 Å². The number of hydrogen-bond donors (Lipinski definition) is 0. The van der Waals surface area contributed by atoms with Gasteiger partial charge in [0.2, 0.25) is 6.23 Å². The van der Waals surface area contributed by atoms with E-state index in [9.17, 15) is 0 Å². The van der Waals surface area contributed by atoms with E-state index < -0.39 is 6.23 Å². The van der Waals surface area contributed by atoms with E-state index in [1.165, 1.54) is 49.8 Å². The van der Waals surface area contributed by atoms with Crippen LogP contribution in [0.4, 0.5) is 22.7 Å². The third kappa shape index (κ3) is 5.01. The predicted molar refractivity (Wildman–Crippen MR) is 224 cm³/mol. The summed E-state index contributed by atoms with van der Waals surface area (Å²) < 4.78 is 13.7. The zero-order valence-corrected chi connectivity index (χ0v) is 30.3.